The minimum Gasteiger partial charge on any atom is -0.497 e. The molecular weight excluding hydrogens is 399 g/mol. The maximum atomic E-state index is 13.6. The Morgan fingerprint density at radius 2 is 1.79 bits per heavy atom. The Morgan fingerprint density at radius 3 is 2.34 bits per heavy atom. The average Bonchev–Trinajstić information content (AvgIpc) is 2.66. The number of carbonyl (C=O) groups is 1. The molecule has 0 aliphatic heterocycles. The Labute approximate surface area is 170 Å². The van der Waals surface area contributed by atoms with Crippen molar-refractivity contribution < 1.29 is 27.1 Å². The molecule has 1 N–H and O–H groups in total. The maximum Gasteiger partial charge on any atom is 0.244 e. The fourth-order valence-electron chi connectivity index (χ4n) is 3.01. The zero-order chi connectivity index (χ0) is 21.8. The Kier molecular flexibility index (Phi) is 7.07. The highest BCUT2D eigenvalue weighted by atomic mass is 32.2. The first kappa shape index (κ1) is 22.5. The lowest BCUT2D eigenvalue weighted by molar-refractivity contribution is -0.122. The lowest BCUT2D eigenvalue weighted by Gasteiger charge is -2.29. The number of ether oxygens (including phenoxy) is 2. The number of halogens is 1. The molecule has 0 aliphatic rings. The van der Waals surface area contributed by atoms with Crippen LogP contribution in [0.2, 0.25) is 0 Å². The van der Waals surface area contributed by atoms with Gasteiger partial charge in [-0.3, -0.25) is 9.10 Å². The van der Waals surface area contributed by atoms with E-state index in [0.717, 1.165) is 16.6 Å². The van der Waals surface area contributed by atoms with Crippen LogP contribution in [-0.2, 0) is 14.8 Å². The van der Waals surface area contributed by atoms with E-state index in [9.17, 15) is 17.6 Å². The van der Waals surface area contributed by atoms with Gasteiger partial charge in [-0.2, -0.15) is 0 Å². The minimum atomic E-state index is -3.84. The molecule has 0 spiro atoms. The monoisotopic (exact) mass is 424 g/mol. The van der Waals surface area contributed by atoms with Gasteiger partial charge in [-0.05, 0) is 50.2 Å². The summed E-state index contributed by atoms with van der Waals surface area (Å²) in [5.74, 6) is -0.000809. The number of benzene rings is 2. The van der Waals surface area contributed by atoms with Gasteiger partial charge in [0.1, 0.15) is 23.4 Å². The van der Waals surface area contributed by atoms with Gasteiger partial charge >= 0.3 is 0 Å². The van der Waals surface area contributed by atoms with Crippen molar-refractivity contribution in [3.05, 3.63) is 53.8 Å². The summed E-state index contributed by atoms with van der Waals surface area (Å²) in [4.78, 5) is 12.8. The second-order valence-corrected chi connectivity index (χ2v) is 8.41. The molecule has 2 aromatic rings. The number of hydrogen-bond donors (Lipinski definition) is 1. The number of amides is 1. The van der Waals surface area contributed by atoms with Crippen LogP contribution in [0.1, 0.15) is 25.5 Å². The summed E-state index contributed by atoms with van der Waals surface area (Å²) in [6.45, 7) is 3.19. The van der Waals surface area contributed by atoms with E-state index in [4.69, 9.17) is 9.47 Å². The Balaban J connectivity index is 2.30. The van der Waals surface area contributed by atoms with E-state index in [1.54, 1.807) is 25.1 Å². The zero-order valence-electron chi connectivity index (χ0n) is 17.0. The second kappa shape index (κ2) is 9.13. The molecule has 2 unspecified atom stereocenters. The normalized spacial score (nSPS) is 13.3. The van der Waals surface area contributed by atoms with Crippen LogP contribution in [0.4, 0.5) is 10.1 Å². The third-order valence-electron chi connectivity index (χ3n) is 4.41. The summed E-state index contributed by atoms with van der Waals surface area (Å²) in [5.41, 5.74) is 0.742. The van der Waals surface area contributed by atoms with E-state index in [2.05, 4.69) is 5.32 Å². The van der Waals surface area contributed by atoms with Crippen molar-refractivity contribution in [2.24, 2.45) is 0 Å². The lowest BCUT2D eigenvalue weighted by atomic mass is 10.1. The maximum absolute atomic E-state index is 13.6. The number of nitrogens with one attached hydrogen (secondary N) is 1. The van der Waals surface area contributed by atoms with Crippen LogP contribution in [0, 0.1) is 5.82 Å². The van der Waals surface area contributed by atoms with Gasteiger partial charge in [0, 0.05) is 5.56 Å². The van der Waals surface area contributed by atoms with Crippen LogP contribution in [0.15, 0.2) is 42.5 Å². The molecule has 7 nitrogen and oxygen atoms in total. The number of rotatable bonds is 8. The van der Waals surface area contributed by atoms with Crippen molar-refractivity contribution in [3.8, 4) is 11.5 Å². The summed E-state index contributed by atoms with van der Waals surface area (Å²) in [6, 6.07) is 8.67. The molecule has 1 amide bonds. The Bertz CT molecular complexity index is 981. The first-order valence-corrected chi connectivity index (χ1v) is 10.7. The highest BCUT2D eigenvalue weighted by Gasteiger charge is 2.30. The summed E-state index contributed by atoms with van der Waals surface area (Å²) >= 11 is 0. The van der Waals surface area contributed by atoms with Gasteiger partial charge in [-0.15, -0.1) is 0 Å². The van der Waals surface area contributed by atoms with Gasteiger partial charge in [0.05, 0.1) is 32.2 Å². The van der Waals surface area contributed by atoms with E-state index < -0.39 is 33.8 Å². The largest absolute Gasteiger partial charge is 0.497 e. The number of hydrogen-bond acceptors (Lipinski definition) is 5. The molecule has 0 heterocycles. The van der Waals surface area contributed by atoms with Crippen molar-refractivity contribution in [1.29, 1.82) is 0 Å². The highest BCUT2D eigenvalue weighted by Crippen LogP contribution is 2.29. The lowest BCUT2D eigenvalue weighted by Crippen LogP contribution is -2.48. The van der Waals surface area contributed by atoms with Crippen LogP contribution in [0.25, 0.3) is 0 Å². The number of sulfonamides is 1. The van der Waals surface area contributed by atoms with Gasteiger partial charge in [-0.1, -0.05) is 6.07 Å². The smallest absolute Gasteiger partial charge is 0.244 e. The Morgan fingerprint density at radius 1 is 1.10 bits per heavy atom. The standard InChI is InChI=1S/C20H25FN2O5S/c1-13(18-12-17(27-3)9-10-19(18)28-4)22-20(24)14(2)23(29(5,25)26)16-8-6-7-15(21)11-16/h6-14H,1-5H3,(H,22,24). The van der Waals surface area contributed by atoms with Gasteiger partial charge in [0.2, 0.25) is 15.9 Å². The van der Waals surface area contributed by atoms with Crippen LogP contribution >= 0.6 is 0 Å². The average molecular weight is 424 g/mol. The summed E-state index contributed by atoms with van der Waals surface area (Å²) < 4.78 is 49.7. The van der Waals surface area contributed by atoms with E-state index in [1.165, 1.54) is 39.3 Å². The van der Waals surface area contributed by atoms with Crippen molar-refractivity contribution in [2.45, 2.75) is 25.9 Å². The topological polar surface area (TPSA) is 84.9 Å². The molecule has 0 aliphatic carbocycles. The number of nitrogens with zero attached hydrogens (tertiary/aromatic N) is 1. The third-order valence-corrected chi connectivity index (χ3v) is 5.65. The van der Waals surface area contributed by atoms with E-state index in [1.807, 2.05) is 0 Å². The molecule has 158 valence electrons. The van der Waals surface area contributed by atoms with Crippen LogP contribution in [-0.4, -0.2) is 40.8 Å². The van der Waals surface area contributed by atoms with Crippen LogP contribution < -0.4 is 19.1 Å². The second-order valence-electron chi connectivity index (χ2n) is 6.55. The summed E-state index contributed by atoms with van der Waals surface area (Å²) in [6.07, 6.45) is 0.968. The quantitative estimate of drug-likeness (QED) is 0.704. The summed E-state index contributed by atoms with van der Waals surface area (Å²) in [5, 5.41) is 2.78. The molecule has 0 radical (unpaired) electrons. The van der Waals surface area contributed by atoms with Gasteiger partial charge in [0.15, 0.2) is 0 Å². The number of carbonyl (C=O) groups excluding carboxylic acids is 1. The predicted molar refractivity (Wildman–Crippen MR) is 109 cm³/mol. The van der Waals surface area contributed by atoms with E-state index >= 15 is 0 Å². The third kappa shape index (κ3) is 5.38. The number of anilines is 1. The fourth-order valence-corrected chi connectivity index (χ4v) is 4.18. The fraction of sp³-hybridized carbons (Fsp3) is 0.350. The SMILES string of the molecule is COc1ccc(OC)c(C(C)NC(=O)C(C)N(c2cccc(F)c2)S(C)(=O)=O)c1. The molecule has 2 aromatic carbocycles. The van der Waals surface area contributed by atoms with Crippen molar-refractivity contribution in [2.75, 3.05) is 24.8 Å². The first-order chi connectivity index (χ1) is 13.6. The number of methoxy groups -OCH3 is 2. The molecule has 0 fully saturated rings. The zero-order valence-corrected chi connectivity index (χ0v) is 17.8. The molecule has 9 heteroatoms. The molecule has 0 saturated carbocycles. The van der Waals surface area contributed by atoms with Crippen LogP contribution in [0.3, 0.4) is 0 Å². The Hall–Kier alpha value is -2.81. The molecular formula is C20H25FN2O5S. The van der Waals surface area contributed by atoms with Crippen LogP contribution in [0.5, 0.6) is 11.5 Å². The first-order valence-electron chi connectivity index (χ1n) is 8.85. The van der Waals surface area contributed by atoms with Gasteiger partial charge < -0.3 is 14.8 Å². The molecule has 0 saturated heterocycles. The van der Waals surface area contributed by atoms with Gasteiger partial charge in [0.25, 0.3) is 0 Å². The van der Waals surface area contributed by atoms with Crippen molar-refractivity contribution in [3.63, 3.8) is 0 Å². The highest BCUT2D eigenvalue weighted by molar-refractivity contribution is 7.92. The molecule has 0 aromatic heterocycles. The van der Waals surface area contributed by atoms with E-state index in [0.29, 0.717) is 17.1 Å². The van der Waals surface area contributed by atoms with Gasteiger partial charge in [-0.25, -0.2) is 12.8 Å². The molecule has 2 atom stereocenters. The molecule has 29 heavy (non-hydrogen) atoms. The molecule has 0 bridgehead atoms. The minimum absolute atomic E-state index is 0.0711. The predicted octanol–water partition coefficient (Wildman–Crippen LogP) is 2.87. The summed E-state index contributed by atoms with van der Waals surface area (Å²) in [7, 11) is -0.802. The van der Waals surface area contributed by atoms with Crippen molar-refractivity contribution >= 4 is 21.6 Å². The van der Waals surface area contributed by atoms with Crippen molar-refractivity contribution in [1.82, 2.24) is 5.32 Å². The van der Waals surface area contributed by atoms with E-state index in [-0.39, 0.29) is 5.69 Å². The molecule has 2 rings (SSSR count).